The predicted molar refractivity (Wildman–Crippen MR) is 81.6 cm³/mol. The van der Waals surface area contributed by atoms with Crippen LogP contribution in [0.4, 0.5) is 0 Å². The predicted octanol–water partition coefficient (Wildman–Crippen LogP) is 1.26. The molecule has 3 N–H and O–H groups in total. The summed E-state index contributed by atoms with van der Waals surface area (Å²) in [5, 5.41) is 1.92. The number of aromatic nitrogens is 2. The van der Waals surface area contributed by atoms with E-state index in [-0.39, 0.29) is 0 Å². The topological polar surface area (TPSA) is 90.0 Å². The number of thiazole rings is 1. The number of sulfonamides is 1. The first-order chi connectivity index (χ1) is 10.1. The van der Waals surface area contributed by atoms with Crippen LogP contribution >= 0.6 is 11.3 Å². The van der Waals surface area contributed by atoms with Crippen LogP contribution in [-0.2, 0) is 23.0 Å². The third-order valence-electron chi connectivity index (χ3n) is 3.52. The number of nitrogens with one attached hydrogen (secondary N) is 1. The highest BCUT2D eigenvalue weighted by molar-refractivity contribution is 7.89. The van der Waals surface area contributed by atoms with Gasteiger partial charge in [-0.15, -0.1) is 11.3 Å². The van der Waals surface area contributed by atoms with Crippen molar-refractivity contribution in [3.05, 3.63) is 34.5 Å². The van der Waals surface area contributed by atoms with Crippen molar-refractivity contribution in [3.63, 3.8) is 0 Å². The monoisotopic (exact) mass is 326 g/mol. The Labute approximate surface area is 128 Å². The molecular formula is C13H18N4O2S2. The fourth-order valence-electron chi connectivity index (χ4n) is 2.26. The Morgan fingerprint density at radius 2 is 2.29 bits per heavy atom. The van der Waals surface area contributed by atoms with Crippen molar-refractivity contribution in [2.45, 2.75) is 36.7 Å². The van der Waals surface area contributed by atoms with Crippen molar-refractivity contribution in [1.29, 1.82) is 0 Å². The lowest BCUT2D eigenvalue weighted by atomic mass is 10.3. The van der Waals surface area contributed by atoms with E-state index in [1.54, 1.807) is 17.8 Å². The molecule has 114 valence electrons. The molecule has 1 saturated carbocycles. The summed E-state index contributed by atoms with van der Waals surface area (Å²) in [6.07, 6.45) is 4.48. The maximum absolute atomic E-state index is 12.3. The number of rotatable bonds is 7. The molecule has 0 aliphatic heterocycles. The van der Waals surface area contributed by atoms with E-state index in [0.717, 1.165) is 24.2 Å². The van der Waals surface area contributed by atoms with Crippen LogP contribution in [0.5, 0.6) is 0 Å². The molecule has 0 saturated heterocycles. The van der Waals surface area contributed by atoms with Gasteiger partial charge in [-0.3, -0.25) is 0 Å². The van der Waals surface area contributed by atoms with E-state index in [4.69, 9.17) is 5.73 Å². The number of hydrogen-bond acceptors (Lipinski definition) is 5. The highest BCUT2D eigenvalue weighted by Crippen LogP contribution is 2.37. The molecule has 0 bridgehead atoms. The summed E-state index contributed by atoms with van der Waals surface area (Å²) < 4.78 is 29.2. The van der Waals surface area contributed by atoms with Gasteiger partial charge in [0.2, 0.25) is 10.0 Å². The molecule has 2 heterocycles. The Bertz CT molecular complexity index is 703. The van der Waals surface area contributed by atoms with E-state index in [1.807, 2.05) is 9.95 Å². The molecule has 3 rings (SSSR count). The maximum Gasteiger partial charge on any atom is 0.242 e. The van der Waals surface area contributed by atoms with E-state index in [9.17, 15) is 8.42 Å². The van der Waals surface area contributed by atoms with Crippen molar-refractivity contribution < 1.29 is 8.42 Å². The van der Waals surface area contributed by atoms with Crippen LogP contribution in [0.2, 0.25) is 0 Å². The largest absolute Gasteiger partial charge is 0.346 e. The van der Waals surface area contributed by atoms with Crippen molar-refractivity contribution in [2.24, 2.45) is 5.73 Å². The van der Waals surface area contributed by atoms with Gasteiger partial charge in [0.05, 0.1) is 16.1 Å². The summed E-state index contributed by atoms with van der Waals surface area (Å²) in [6.45, 7) is 0.698. The van der Waals surface area contributed by atoms with Crippen LogP contribution in [0.3, 0.4) is 0 Å². The molecule has 6 nitrogen and oxygen atoms in total. The molecule has 0 aromatic carbocycles. The lowest BCUT2D eigenvalue weighted by molar-refractivity contribution is 0.581. The Hall–Kier alpha value is -1.22. The van der Waals surface area contributed by atoms with Crippen molar-refractivity contribution in [3.8, 4) is 0 Å². The average molecular weight is 326 g/mol. The van der Waals surface area contributed by atoms with Gasteiger partial charge in [-0.2, -0.15) is 0 Å². The molecule has 1 aliphatic rings. The normalized spacial score (nSPS) is 15.5. The zero-order chi connectivity index (χ0) is 14.9. The summed E-state index contributed by atoms with van der Waals surface area (Å²) in [7, 11) is -3.48. The summed E-state index contributed by atoms with van der Waals surface area (Å²) in [5.74, 6) is 0. The van der Waals surface area contributed by atoms with E-state index >= 15 is 0 Å². The zero-order valence-electron chi connectivity index (χ0n) is 11.5. The first kappa shape index (κ1) is 14.7. The molecule has 8 heteroatoms. The van der Waals surface area contributed by atoms with Gasteiger partial charge in [0.25, 0.3) is 0 Å². The Morgan fingerprint density at radius 3 is 2.90 bits per heavy atom. The molecule has 21 heavy (non-hydrogen) atoms. The summed E-state index contributed by atoms with van der Waals surface area (Å²) in [6, 6.07) is 2.09. The van der Waals surface area contributed by atoms with Gasteiger partial charge in [0.1, 0.15) is 0 Å². The van der Waals surface area contributed by atoms with Gasteiger partial charge < -0.3 is 10.3 Å². The van der Waals surface area contributed by atoms with E-state index in [2.05, 4.69) is 9.71 Å². The van der Waals surface area contributed by atoms with Crippen LogP contribution in [0, 0.1) is 0 Å². The molecule has 0 unspecified atom stereocenters. The van der Waals surface area contributed by atoms with Gasteiger partial charge in [0, 0.05) is 42.8 Å². The van der Waals surface area contributed by atoms with Crippen molar-refractivity contribution >= 4 is 21.4 Å². The standard InChI is InChI=1S/C13H18N4O2S2/c14-6-12-5-13(7-17(12)11-1-2-11)21(18,19)16-4-3-10-8-20-9-15-10/h5,7-9,11,16H,1-4,6,14H2. The molecule has 1 aliphatic carbocycles. The smallest absolute Gasteiger partial charge is 0.242 e. The molecule has 2 aromatic heterocycles. The quantitative estimate of drug-likeness (QED) is 0.801. The fourth-order valence-corrected chi connectivity index (χ4v) is 3.93. The highest BCUT2D eigenvalue weighted by atomic mass is 32.2. The number of hydrogen-bond donors (Lipinski definition) is 2. The Balaban J connectivity index is 1.69. The minimum absolute atomic E-state index is 0.299. The first-order valence-corrected chi connectivity index (χ1v) is 9.30. The van der Waals surface area contributed by atoms with Crippen LogP contribution < -0.4 is 10.5 Å². The summed E-state index contributed by atoms with van der Waals surface area (Å²) in [4.78, 5) is 4.43. The highest BCUT2D eigenvalue weighted by Gasteiger charge is 2.27. The van der Waals surface area contributed by atoms with Gasteiger partial charge in [-0.25, -0.2) is 18.1 Å². The molecule has 0 spiro atoms. The van der Waals surface area contributed by atoms with Crippen molar-refractivity contribution in [1.82, 2.24) is 14.3 Å². The second kappa shape index (κ2) is 5.88. The van der Waals surface area contributed by atoms with Gasteiger partial charge in [0.15, 0.2) is 0 Å². The second-order valence-electron chi connectivity index (χ2n) is 5.14. The molecule has 0 amide bonds. The molecule has 0 atom stereocenters. The lowest BCUT2D eigenvalue weighted by Gasteiger charge is -2.04. The zero-order valence-corrected chi connectivity index (χ0v) is 13.2. The fraction of sp³-hybridized carbons (Fsp3) is 0.462. The molecule has 2 aromatic rings. The lowest BCUT2D eigenvalue weighted by Crippen LogP contribution is -2.25. The molecular weight excluding hydrogens is 308 g/mol. The number of nitrogens with zero attached hydrogens (tertiary/aromatic N) is 2. The van der Waals surface area contributed by atoms with Crippen LogP contribution in [-0.4, -0.2) is 24.5 Å². The summed E-state index contributed by atoms with van der Waals surface area (Å²) >= 11 is 1.51. The van der Waals surface area contributed by atoms with Gasteiger partial charge in [-0.05, 0) is 18.9 Å². The number of nitrogens with two attached hydrogens (primary N) is 1. The van der Waals surface area contributed by atoms with Gasteiger partial charge >= 0.3 is 0 Å². The third-order valence-corrected chi connectivity index (χ3v) is 5.59. The minimum Gasteiger partial charge on any atom is -0.346 e. The van der Waals surface area contributed by atoms with E-state index in [1.165, 1.54) is 11.3 Å². The Morgan fingerprint density at radius 1 is 1.48 bits per heavy atom. The third kappa shape index (κ3) is 3.34. The molecule has 0 radical (unpaired) electrons. The Kier molecular flexibility index (Phi) is 4.12. The SMILES string of the molecule is NCc1cc(S(=O)(=O)NCCc2cscn2)cn1C1CC1. The van der Waals surface area contributed by atoms with Crippen LogP contribution in [0.15, 0.2) is 28.0 Å². The van der Waals surface area contributed by atoms with E-state index < -0.39 is 10.0 Å². The average Bonchev–Trinajstić information content (AvgIpc) is 3.00. The summed E-state index contributed by atoms with van der Waals surface area (Å²) in [5.41, 5.74) is 9.21. The maximum atomic E-state index is 12.3. The second-order valence-corrected chi connectivity index (χ2v) is 7.62. The first-order valence-electron chi connectivity index (χ1n) is 6.87. The van der Waals surface area contributed by atoms with E-state index in [0.29, 0.717) is 30.4 Å². The molecule has 1 fully saturated rings. The van der Waals surface area contributed by atoms with Crippen LogP contribution in [0.25, 0.3) is 0 Å². The van der Waals surface area contributed by atoms with Gasteiger partial charge in [-0.1, -0.05) is 0 Å². The van der Waals surface area contributed by atoms with Crippen LogP contribution in [0.1, 0.15) is 30.3 Å². The minimum atomic E-state index is -3.48. The van der Waals surface area contributed by atoms with Crippen molar-refractivity contribution in [2.75, 3.05) is 6.54 Å².